The molecule has 1 aromatic carbocycles. The lowest BCUT2D eigenvalue weighted by Crippen LogP contribution is -2.05. The van der Waals surface area contributed by atoms with Gasteiger partial charge in [0, 0.05) is 16.5 Å². The van der Waals surface area contributed by atoms with Gasteiger partial charge in [0.25, 0.3) is 0 Å². The van der Waals surface area contributed by atoms with Crippen molar-refractivity contribution in [2.45, 2.75) is 20.3 Å². The molecule has 0 spiro atoms. The maximum Gasteiger partial charge on any atom is 0.164 e. The minimum Gasteiger partial charge on any atom is -0.493 e. The van der Waals surface area contributed by atoms with Gasteiger partial charge in [0.05, 0.1) is 14.2 Å². The summed E-state index contributed by atoms with van der Waals surface area (Å²) < 4.78 is 11.1. The Hall–Kier alpha value is -1.03. The van der Waals surface area contributed by atoms with Crippen LogP contribution in [0, 0.1) is 5.92 Å². The van der Waals surface area contributed by atoms with Crippen LogP contribution in [0.2, 0.25) is 0 Å². The largest absolute Gasteiger partial charge is 0.493 e. The number of carbonyl (C=O) groups excluding carboxylic acids is 1. The van der Waals surface area contributed by atoms with E-state index in [1.807, 2.05) is 13.8 Å². The Morgan fingerprint density at radius 3 is 2.24 bits per heavy atom. The topological polar surface area (TPSA) is 35.5 Å². The molecule has 0 aliphatic heterocycles. The van der Waals surface area contributed by atoms with E-state index in [0.29, 0.717) is 29.4 Å². The van der Waals surface area contributed by atoms with E-state index in [9.17, 15) is 4.79 Å². The summed E-state index contributed by atoms with van der Waals surface area (Å²) in [5.41, 5.74) is 0.636. The molecule has 0 saturated heterocycles. The van der Waals surface area contributed by atoms with E-state index >= 15 is 0 Å². The molecule has 0 N–H and O–H groups in total. The van der Waals surface area contributed by atoms with E-state index in [2.05, 4.69) is 15.9 Å². The highest BCUT2D eigenvalue weighted by Gasteiger charge is 2.16. The van der Waals surface area contributed by atoms with Crippen molar-refractivity contribution >= 4 is 21.7 Å². The van der Waals surface area contributed by atoms with E-state index < -0.39 is 0 Å². The average molecular weight is 301 g/mol. The first-order valence-corrected chi connectivity index (χ1v) is 6.23. The fourth-order valence-corrected chi connectivity index (χ4v) is 2.09. The number of ketones is 1. The quantitative estimate of drug-likeness (QED) is 0.778. The molecule has 0 fully saturated rings. The van der Waals surface area contributed by atoms with Gasteiger partial charge in [0.1, 0.15) is 0 Å². The molecule has 0 atom stereocenters. The monoisotopic (exact) mass is 300 g/mol. The summed E-state index contributed by atoms with van der Waals surface area (Å²) in [6.45, 7) is 4.04. The number of ether oxygens (including phenoxy) is 2. The maximum atomic E-state index is 12.0. The van der Waals surface area contributed by atoms with Crippen molar-refractivity contribution in [3.05, 3.63) is 22.2 Å². The lowest BCUT2D eigenvalue weighted by Gasteiger charge is -2.12. The summed E-state index contributed by atoms with van der Waals surface area (Å²) >= 11 is 3.39. The van der Waals surface area contributed by atoms with Gasteiger partial charge >= 0.3 is 0 Å². The van der Waals surface area contributed by atoms with Gasteiger partial charge in [-0.25, -0.2) is 0 Å². The summed E-state index contributed by atoms with van der Waals surface area (Å²) in [6, 6.07) is 3.47. The van der Waals surface area contributed by atoms with Crippen molar-refractivity contribution in [2.75, 3.05) is 14.2 Å². The van der Waals surface area contributed by atoms with Crippen molar-refractivity contribution in [3.8, 4) is 11.5 Å². The highest BCUT2D eigenvalue weighted by Crippen LogP contribution is 2.34. The van der Waals surface area contributed by atoms with Crippen molar-refractivity contribution in [3.63, 3.8) is 0 Å². The predicted molar refractivity (Wildman–Crippen MR) is 71.0 cm³/mol. The highest BCUT2D eigenvalue weighted by molar-refractivity contribution is 9.10. The number of carbonyl (C=O) groups is 1. The van der Waals surface area contributed by atoms with Crippen LogP contribution in [-0.4, -0.2) is 20.0 Å². The molecule has 94 valence electrons. The standard InChI is InChI=1S/C13H17BrO3/c1-8(2)5-11(15)9-6-12(16-3)13(17-4)7-10(9)14/h6-8H,5H2,1-4H3. The maximum absolute atomic E-state index is 12.0. The lowest BCUT2D eigenvalue weighted by molar-refractivity contribution is 0.0966. The summed E-state index contributed by atoms with van der Waals surface area (Å²) in [4.78, 5) is 12.0. The minimum absolute atomic E-state index is 0.104. The highest BCUT2D eigenvalue weighted by atomic mass is 79.9. The number of halogens is 1. The van der Waals surface area contributed by atoms with Gasteiger partial charge in [-0.2, -0.15) is 0 Å². The van der Waals surface area contributed by atoms with Gasteiger partial charge in [-0.1, -0.05) is 13.8 Å². The third-order valence-corrected chi connectivity index (χ3v) is 3.02. The molecular weight excluding hydrogens is 284 g/mol. The van der Waals surface area contributed by atoms with Crippen molar-refractivity contribution in [1.29, 1.82) is 0 Å². The van der Waals surface area contributed by atoms with Crippen LogP contribution in [0.3, 0.4) is 0 Å². The van der Waals surface area contributed by atoms with Crippen LogP contribution >= 0.6 is 15.9 Å². The van der Waals surface area contributed by atoms with Crippen LogP contribution in [-0.2, 0) is 0 Å². The Bertz CT molecular complexity index is 413. The van der Waals surface area contributed by atoms with E-state index in [4.69, 9.17) is 9.47 Å². The van der Waals surface area contributed by atoms with Crippen LogP contribution in [0.15, 0.2) is 16.6 Å². The second-order valence-corrected chi connectivity index (χ2v) is 5.06. The van der Waals surface area contributed by atoms with Gasteiger partial charge in [-0.3, -0.25) is 4.79 Å². The number of benzene rings is 1. The first kappa shape index (κ1) is 14.0. The molecule has 17 heavy (non-hydrogen) atoms. The van der Waals surface area contributed by atoms with E-state index in [0.717, 1.165) is 4.47 Å². The summed E-state index contributed by atoms with van der Waals surface area (Å²) in [7, 11) is 3.13. The molecule has 3 nitrogen and oxygen atoms in total. The lowest BCUT2D eigenvalue weighted by atomic mass is 10.0. The smallest absolute Gasteiger partial charge is 0.164 e. The number of methoxy groups -OCH3 is 2. The molecular formula is C13H17BrO3. The number of hydrogen-bond acceptors (Lipinski definition) is 3. The first-order chi connectivity index (χ1) is 7.99. The first-order valence-electron chi connectivity index (χ1n) is 5.44. The van der Waals surface area contributed by atoms with Crippen LogP contribution < -0.4 is 9.47 Å². The zero-order valence-corrected chi connectivity index (χ0v) is 12.1. The number of rotatable bonds is 5. The Morgan fingerprint density at radius 2 is 1.76 bits per heavy atom. The van der Waals surface area contributed by atoms with Gasteiger partial charge in [-0.05, 0) is 34.0 Å². The van der Waals surface area contributed by atoms with Crippen molar-refractivity contribution < 1.29 is 14.3 Å². The predicted octanol–water partition coefficient (Wildman–Crippen LogP) is 3.70. The minimum atomic E-state index is 0.104. The molecule has 0 amide bonds. The average Bonchev–Trinajstić information content (AvgIpc) is 2.27. The SMILES string of the molecule is COc1cc(Br)c(C(=O)CC(C)C)cc1OC. The Kier molecular flexibility index (Phi) is 5.00. The van der Waals surface area contributed by atoms with E-state index in [1.165, 1.54) is 0 Å². The van der Waals surface area contributed by atoms with E-state index in [-0.39, 0.29) is 5.78 Å². The molecule has 0 bridgehead atoms. The zero-order valence-electron chi connectivity index (χ0n) is 10.5. The fourth-order valence-electron chi connectivity index (χ4n) is 1.55. The van der Waals surface area contributed by atoms with Gasteiger partial charge < -0.3 is 9.47 Å². The molecule has 0 aliphatic carbocycles. The fraction of sp³-hybridized carbons (Fsp3) is 0.462. The van der Waals surface area contributed by atoms with Crippen LogP contribution in [0.25, 0.3) is 0 Å². The number of hydrogen-bond donors (Lipinski definition) is 0. The zero-order chi connectivity index (χ0) is 13.0. The number of Topliss-reactive ketones (excluding diaryl/α,β-unsaturated/α-hetero) is 1. The van der Waals surface area contributed by atoms with Gasteiger partial charge in [0.15, 0.2) is 17.3 Å². The molecule has 0 aromatic heterocycles. The second-order valence-electron chi connectivity index (χ2n) is 4.21. The van der Waals surface area contributed by atoms with E-state index in [1.54, 1.807) is 26.4 Å². The van der Waals surface area contributed by atoms with Crippen LogP contribution in [0.4, 0.5) is 0 Å². The van der Waals surface area contributed by atoms with Crippen LogP contribution in [0.1, 0.15) is 30.6 Å². The Balaban J connectivity index is 3.12. The van der Waals surface area contributed by atoms with Crippen LogP contribution in [0.5, 0.6) is 11.5 Å². The summed E-state index contributed by atoms with van der Waals surface area (Å²) in [5.74, 6) is 1.62. The van der Waals surface area contributed by atoms with Gasteiger partial charge in [0.2, 0.25) is 0 Å². The molecule has 0 radical (unpaired) electrons. The van der Waals surface area contributed by atoms with Gasteiger partial charge in [-0.15, -0.1) is 0 Å². The molecule has 0 aliphatic rings. The summed E-state index contributed by atoms with van der Waals surface area (Å²) in [6.07, 6.45) is 0.522. The third kappa shape index (κ3) is 3.46. The van der Waals surface area contributed by atoms with Crippen molar-refractivity contribution in [2.24, 2.45) is 5.92 Å². The molecule has 0 unspecified atom stereocenters. The Labute approximate surface area is 110 Å². The summed E-state index contributed by atoms with van der Waals surface area (Å²) in [5, 5.41) is 0. The molecule has 1 rings (SSSR count). The normalized spacial score (nSPS) is 10.5. The molecule has 4 heteroatoms. The molecule has 0 heterocycles. The molecule has 1 aromatic rings. The Morgan fingerprint density at radius 1 is 1.24 bits per heavy atom. The second kappa shape index (κ2) is 6.05. The van der Waals surface area contributed by atoms with Crippen molar-refractivity contribution in [1.82, 2.24) is 0 Å². The molecule has 0 saturated carbocycles. The third-order valence-electron chi connectivity index (χ3n) is 2.37.